The average Bonchev–Trinajstić information content (AvgIpc) is 2.87. The molecule has 1 aromatic rings. The molecule has 0 saturated carbocycles. The Hall–Kier alpha value is -2.61. The van der Waals surface area contributed by atoms with Crippen LogP contribution in [0.2, 0.25) is 0 Å². The largest absolute Gasteiger partial charge is 0.462 e. The zero-order valence-corrected chi connectivity index (χ0v) is 17.4. The molecule has 0 N–H and O–H groups in total. The number of rotatable bonds is 5. The molecule has 0 aromatic heterocycles. The Labute approximate surface area is 173 Å². The second kappa shape index (κ2) is 8.41. The Kier molecular flexibility index (Phi) is 5.71. The van der Waals surface area contributed by atoms with Crippen LogP contribution in [0.15, 0.2) is 40.3 Å². The van der Waals surface area contributed by atoms with Crippen molar-refractivity contribution in [3.05, 3.63) is 46.4 Å². The lowest BCUT2D eigenvalue weighted by atomic mass is 10.1. The molecule has 152 valence electrons. The van der Waals surface area contributed by atoms with Crippen LogP contribution in [0.3, 0.4) is 0 Å². The first-order valence-electron chi connectivity index (χ1n) is 9.94. The Bertz CT molecular complexity index is 1040. The number of esters is 1. The molecule has 0 radical (unpaired) electrons. The fourth-order valence-electron chi connectivity index (χ4n) is 3.63. The number of aromatic nitrogens is 4. The van der Waals surface area contributed by atoms with E-state index in [1.54, 1.807) is 0 Å². The number of ether oxygens (including phenoxy) is 1. The molecule has 0 amide bonds. The molecule has 8 heteroatoms. The van der Waals surface area contributed by atoms with E-state index in [0.29, 0.717) is 16.5 Å². The highest BCUT2D eigenvalue weighted by Crippen LogP contribution is 2.30. The monoisotopic (exact) mass is 412 g/mol. The van der Waals surface area contributed by atoms with E-state index >= 15 is 0 Å². The van der Waals surface area contributed by atoms with E-state index in [-0.39, 0.29) is 23.4 Å². The Morgan fingerprint density at radius 2 is 2.00 bits per heavy atom. The molecule has 4 rings (SSSR count). The van der Waals surface area contributed by atoms with Gasteiger partial charge in [-0.3, -0.25) is 9.59 Å². The van der Waals surface area contributed by atoms with E-state index in [9.17, 15) is 9.59 Å². The third-order valence-corrected chi connectivity index (χ3v) is 5.80. The smallest absolute Gasteiger partial charge is 0.316 e. The zero-order chi connectivity index (χ0) is 20.4. The molecule has 0 unspecified atom stereocenters. The maximum absolute atomic E-state index is 13.2. The number of benzene rings is 1. The van der Waals surface area contributed by atoms with Crippen LogP contribution in [0.5, 0.6) is 0 Å². The molecule has 0 bridgehead atoms. The Morgan fingerprint density at radius 1 is 1.21 bits per heavy atom. The first kappa shape index (κ1) is 19.7. The predicted octanol–water partition coefficient (Wildman–Crippen LogP) is 3.30. The molecule has 3 heterocycles. The highest BCUT2D eigenvalue weighted by molar-refractivity contribution is 7.99. The predicted molar refractivity (Wildman–Crippen MR) is 112 cm³/mol. The summed E-state index contributed by atoms with van der Waals surface area (Å²) in [7, 11) is 0. The van der Waals surface area contributed by atoms with Gasteiger partial charge in [0, 0.05) is 12.2 Å². The molecular weight excluding hydrogens is 388 g/mol. The van der Waals surface area contributed by atoms with Crippen molar-refractivity contribution in [3.63, 3.8) is 0 Å². The summed E-state index contributed by atoms with van der Waals surface area (Å²) in [5, 5.41) is 5.22. The standard InChI is InChI=1S/C21H24N4O3S/c1-14(2)28-17(26)13-29-21-22-19-18(16-11-7-4-8-12-24(16)21)20(27)25(23-19)15-9-5-3-6-10-15/h3,5-6,9-10,14H,4,7-8,11-13H2,1-2H3. The number of thioether (sulfide) groups is 1. The maximum atomic E-state index is 13.2. The van der Waals surface area contributed by atoms with Gasteiger partial charge in [-0.05, 0) is 45.2 Å². The van der Waals surface area contributed by atoms with Crippen molar-refractivity contribution in [2.45, 2.75) is 57.3 Å². The number of carbonyl (C=O) groups is 1. The summed E-state index contributed by atoms with van der Waals surface area (Å²) >= 11 is 1.35. The highest BCUT2D eigenvalue weighted by Gasteiger charge is 2.27. The van der Waals surface area contributed by atoms with Gasteiger partial charge >= 0.3 is 5.97 Å². The fraction of sp³-hybridized carbons (Fsp3) is 0.429. The third-order valence-electron chi connectivity index (χ3n) is 4.85. The molecule has 29 heavy (non-hydrogen) atoms. The van der Waals surface area contributed by atoms with Crippen LogP contribution in [-0.4, -0.2) is 37.2 Å². The average molecular weight is 413 g/mol. The Morgan fingerprint density at radius 3 is 2.76 bits per heavy atom. The molecule has 7 nitrogen and oxygen atoms in total. The van der Waals surface area contributed by atoms with Gasteiger partial charge in [0.25, 0.3) is 5.56 Å². The second-order valence-corrected chi connectivity index (χ2v) is 8.32. The minimum atomic E-state index is -0.269. The summed E-state index contributed by atoms with van der Waals surface area (Å²) in [6.45, 7) is 4.45. The first-order valence-corrected chi connectivity index (χ1v) is 10.9. The van der Waals surface area contributed by atoms with Crippen molar-refractivity contribution < 1.29 is 9.53 Å². The third kappa shape index (κ3) is 4.07. The van der Waals surface area contributed by atoms with Gasteiger partial charge in [0.15, 0.2) is 11.0 Å². The van der Waals surface area contributed by atoms with Gasteiger partial charge in [-0.25, -0.2) is 4.98 Å². The quantitative estimate of drug-likeness (QED) is 0.363. The van der Waals surface area contributed by atoms with Crippen LogP contribution in [0, 0.1) is 0 Å². The summed E-state index contributed by atoms with van der Waals surface area (Å²) < 4.78 is 8.76. The highest BCUT2D eigenvalue weighted by atomic mass is 32.2. The first-order chi connectivity index (χ1) is 14.0. The van der Waals surface area contributed by atoms with Gasteiger partial charge < -0.3 is 9.30 Å². The van der Waals surface area contributed by atoms with Gasteiger partial charge in [0.2, 0.25) is 0 Å². The summed E-state index contributed by atoms with van der Waals surface area (Å²) in [6, 6.07) is 9.38. The van der Waals surface area contributed by atoms with E-state index in [4.69, 9.17) is 4.74 Å². The lowest BCUT2D eigenvalue weighted by molar-refractivity contribution is -0.144. The van der Waals surface area contributed by atoms with E-state index in [1.165, 1.54) is 16.4 Å². The van der Waals surface area contributed by atoms with E-state index in [0.717, 1.165) is 43.6 Å². The summed E-state index contributed by atoms with van der Waals surface area (Å²) in [5.41, 5.74) is 2.14. The number of hydrogen-bond donors (Lipinski definition) is 0. The van der Waals surface area contributed by atoms with E-state index in [2.05, 4.69) is 14.6 Å². The van der Waals surface area contributed by atoms with Crippen molar-refractivity contribution in [1.82, 2.24) is 19.3 Å². The molecular formula is C21H24N4O3S. The van der Waals surface area contributed by atoms with Gasteiger partial charge in [-0.2, -0.15) is 4.68 Å². The van der Waals surface area contributed by atoms with Crippen molar-refractivity contribution in [2.75, 3.05) is 5.75 Å². The fourth-order valence-corrected chi connectivity index (χ4v) is 4.45. The molecule has 0 spiro atoms. The summed E-state index contributed by atoms with van der Waals surface area (Å²) in [6.07, 6.45) is 3.81. The molecule has 0 fully saturated rings. The minimum absolute atomic E-state index is 0.139. The normalized spacial score (nSPS) is 14.0. The van der Waals surface area contributed by atoms with Crippen molar-refractivity contribution in [1.29, 1.82) is 0 Å². The second-order valence-electron chi connectivity index (χ2n) is 7.38. The van der Waals surface area contributed by atoms with Crippen LogP contribution in [-0.2, 0) is 22.5 Å². The van der Waals surface area contributed by atoms with Crippen molar-refractivity contribution >= 4 is 17.7 Å². The molecule has 0 atom stereocenters. The number of hydrogen-bond acceptors (Lipinski definition) is 6. The number of fused-ring (bicyclic) bond motifs is 3. The number of para-hydroxylation sites is 1. The Balaban J connectivity index is 1.79. The molecule has 1 aromatic carbocycles. The van der Waals surface area contributed by atoms with Crippen LogP contribution < -0.4 is 5.56 Å². The van der Waals surface area contributed by atoms with Gasteiger partial charge in [-0.15, -0.1) is 5.10 Å². The summed E-state index contributed by atoms with van der Waals surface area (Å²) in [5.74, 6) is 0.348. The van der Waals surface area contributed by atoms with Gasteiger partial charge in [-0.1, -0.05) is 36.4 Å². The maximum Gasteiger partial charge on any atom is 0.316 e. The molecule has 3 aliphatic heterocycles. The minimum Gasteiger partial charge on any atom is -0.462 e. The molecule has 0 saturated heterocycles. The molecule has 0 aliphatic carbocycles. The van der Waals surface area contributed by atoms with Gasteiger partial charge in [0.1, 0.15) is 5.56 Å². The number of nitrogens with zero attached hydrogens (tertiary/aromatic N) is 4. The van der Waals surface area contributed by atoms with Crippen LogP contribution in [0.1, 0.15) is 38.8 Å². The van der Waals surface area contributed by atoms with Gasteiger partial charge in [0.05, 0.1) is 17.5 Å². The van der Waals surface area contributed by atoms with Crippen LogP contribution in [0.25, 0.3) is 17.1 Å². The van der Waals surface area contributed by atoms with E-state index < -0.39 is 0 Å². The topological polar surface area (TPSA) is 79.0 Å². The zero-order valence-electron chi connectivity index (χ0n) is 16.6. The summed E-state index contributed by atoms with van der Waals surface area (Å²) in [4.78, 5) is 29.9. The van der Waals surface area contributed by atoms with Crippen LogP contribution >= 0.6 is 11.8 Å². The lowest BCUT2D eigenvalue weighted by Gasteiger charge is -2.17. The van der Waals surface area contributed by atoms with Crippen LogP contribution in [0.4, 0.5) is 0 Å². The SMILES string of the molecule is CC(C)OC(=O)CSc1nc2nn(-c3ccccc3)c(=O)c-2c2n1CCCCC2. The molecule has 3 aliphatic rings. The number of carbonyl (C=O) groups excluding carboxylic acids is 1. The lowest BCUT2D eigenvalue weighted by Crippen LogP contribution is -2.19. The van der Waals surface area contributed by atoms with Crippen molar-refractivity contribution in [2.24, 2.45) is 0 Å². The van der Waals surface area contributed by atoms with Crippen molar-refractivity contribution in [3.8, 4) is 17.1 Å². The van der Waals surface area contributed by atoms with E-state index in [1.807, 2.05) is 44.2 Å².